The van der Waals surface area contributed by atoms with E-state index in [1.54, 1.807) is 26.0 Å². The molecule has 2 rings (SSSR count). The lowest BCUT2D eigenvalue weighted by Crippen LogP contribution is -2.29. The zero-order chi connectivity index (χ0) is 16.4. The maximum absolute atomic E-state index is 13.8. The van der Waals surface area contributed by atoms with E-state index in [1.807, 2.05) is 0 Å². The van der Waals surface area contributed by atoms with E-state index >= 15 is 0 Å². The van der Waals surface area contributed by atoms with Crippen molar-refractivity contribution in [3.05, 3.63) is 64.2 Å². The number of halogens is 2. The van der Waals surface area contributed by atoms with Crippen molar-refractivity contribution in [3.8, 4) is 0 Å². The largest absolute Gasteiger partial charge is 0.309 e. The predicted molar refractivity (Wildman–Crippen MR) is 80.4 cm³/mol. The summed E-state index contributed by atoms with van der Waals surface area (Å²) in [6, 6.07) is 6.45. The van der Waals surface area contributed by atoms with Crippen LogP contribution in [0.1, 0.15) is 31.8 Å². The third-order valence-corrected chi connectivity index (χ3v) is 3.58. The van der Waals surface area contributed by atoms with Gasteiger partial charge in [0, 0.05) is 18.7 Å². The van der Waals surface area contributed by atoms with Crippen molar-refractivity contribution in [3.63, 3.8) is 0 Å². The molecule has 1 amide bonds. The monoisotopic (exact) mass is 303 g/mol. The molecule has 0 spiro atoms. The van der Waals surface area contributed by atoms with Gasteiger partial charge in [-0.3, -0.25) is 9.59 Å². The molecule has 0 fully saturated rings. The van der Waals surface area contributed by atoms with Crippen LogP contribution >= 0.6 is 0 Å². The zero-order valence-electron chi connectivity index (χ0n) is 12.5. The van der Waals surface area contributed by atoms with Gasteiger partial charge in [-0.25, -0.2) is 8.78 Å². The third kappa shape index (κ3) is 2.74. The van der Waals surface area contributed by atoms with Gasteiger partial charge in [-0.05, 0) is 37.1 Å². The number of nitrogens with zero attached hydrogens (tertiary/aromatic N) is 1. The second-order valence-electron chi connectivity index (χ2n) is 5.07. The number of aldehydes is 1. The van der Waals surface area contributed by atoms with E-state index in [4.69, 9.17) is 0 Å². The minimum atomic E-state index is -0.839. The fourth-order valence-electron chi connectivity index (χ4n) is 2.30. The fourth-order valence-corrected chi connectivity index (χ4v) is 2.30. The summed E-state index contributed by atoms with van der Waals surface area (Å²) in [6.45, 7) is 3.42. The van der Waals surface area contributed by atoms with Crippen LogP contribution in [0.15, 0.2) is 30.3 Å². The van der Waals surface area contributed by atoms with Crippen LogP contribution in [0.5, 0.6) is 0 Å². The van der Waals surface area contributed by atoms with Gasteiger partial charge in [0.25, 0.3) is 5.91 Å². The normalized spacial score (nSPS) is 10.4. The third-order valence-electron chi connectivity index (χ3n) is 3.58. The molecule has 5 heteroatoms. The van der Waals surface area contributed by atoms with Crippen LogP contribution in [0.25, 0.3) is 0 Å². The molecule has 0 aliphatic heterocycles. The predicted octanol–water partition coefficient (Wildman–Crippen LogP) is 3.67. The Hall–Kier alpha value is -2.56. The molecule has 0 heterocycles. The summed E-state index contributed by atoms with van der Waals surface area (Å²) in [5, 5.41) is 0. The molecule has 0 N–H and O–H groups in total. The Morgan fingerprint density at radius 3 is 2.32 bits per heavy atom. The van der Waals surface area contributed by atoms with E-state index in [1.165, 1.54) is 13.1 Å². The van der Waals surface area contributed by atoms with Crippen LogP contribution in [0.2, 0.25) is 0 Å². The highest BCUT2D eigenvalue weighted by atomic mass is 19.1. The van der Waals surface area contributed by atoms with Gasteiger partial charge < -0.3 is 4.90 Å². The van der Waals surface area contributed by atoms with Gasteiger partial charge in [0.2, 0.25) is 0 Å². The van der Waals surface area contributed by atoms with Crippen LogP contribution in [-0.4, -0.2) is 19.2 Å². The molecule has 114 valence electrons. The van der Waals surface area contributed by atoms with E-state index in [9.17, 15) is 18.4 Å². The molecule has 0 unspecified atom stereocenters. The number of benzene rings is 2. The molecule has 0 atom stereocenters. The number of carbonyl (C=O) groups is 2. The molecule has 2 aromatic rings. The quantitative estimate of drug-likeness (QED) is 0.811. The van der Waals surface area contributed by atoms with Crippen molar-refractivity contribution in [2.24, 2.45) is 0 Å². The highest BCUT2D eigenvalue weighted by molar-refractivity contribution is 6.11. The number of carbonyl (C=O) groups excluding carboxylic acids is 2. The number of hydrogen-bond donors (Lipinski definition) is 0. The summed E-state index contributed by atoms with van der Waals surface area (Å²) in [4.78, 5) is 25.0. The van der Waals surface area contributed by atoms with Gasteiger partial charge in [-0.1, -0.05) is 12.1 Å². The van der Waals surface area contributed by atoms with Gasteiger partial charge in [0.1, 0.15) is 11.6 Å². The van der Waals surface area contributed by atoms with Crippen LogP contribution in [0.3, 0.4) is 0 Å². The summed E-state index contributed by atoms with van der Waals surface area (Å²) in [5.41, 5.74) is 1.73. The van der Waals surface area contributed by atoms with Crippen molar-refractivity contribution in [2.45, 2.75) is 13.8 Å². The lowest BCUT2D eigenvalue weighted by Gasteiger charge is -2.20. The summed E-state index contributed by atoms with van der Waals surface area (Å²) < 4.78 is 26.8. The SMILES string of the molecule is Cc1ccc(C)c(C(=O)N(C)c2ccc(F)cc2F)c1C=O. The lowest BCUT2D eigenvalue weighted by molar-refractivity contribution is 0.0984. The molecule has 0 aromatic heterocycles. The number of aryl methyl sites for hydroxylation is 2. The first-order valence-corrected chi connectivity index (χ1v) is 6.65. The summed E-state index contributed by atoms with van der Waals surface area (Å²) >= 11 is 0. The summed E-state index contributed by atoms with van der Waals surface area (Å²) in [6.07, 6.45) is 0.616. The molecule has 0 aliphatic carbocycles. The van der Waals surface area contributed by atoms with Crippen molar-refractivity contribution >= 4 is 17.9 Å². The Bertz CT molecular complexity index is 757. The van der Waals surface area contributed by atoms with Gasteiger partial charge in [-0.15, -0.1) is 0 Å². The van der Waals surface area contributed by atoms with E-state index in [-0.39, 0.29) is 16.8 Å². The van der Waals surface area contributed by atoms with E-state index in [0.29, 0.717) is 23.5 Å². The molecular formula is C17H15F2NO2. The van der Waals surface area contributed by atoms with Crippen molar-refractivity contribution in [2.75, 3.05) is 11.9 Å². The van der Waals surface area contributed by atoms with Crippen LogP contribution in [0, 0.1) is 25.5 Å². The molecule has 22 heavy (non-hydrogen) atoms. The number of anilines is 1. The standard InChI is InChI=1S/C17H15F2NO2/c1-10-4-5-11(2)16(13(10)9-21)17(22)20(3)15-7-6-12(18)8-14(15)19/h4-9H,1-3H3. The van der Waals surface area contributed by atoms with E-state index < -0.39 is 17.5 Å². The maximum Gasteiger partial charge on any atom is 0.259 e. The van der Waals surface area contributed by atoms with Crippen molar-refractivity contribution < 1.29 is 18.4 Å². The van der Waals surface area contributed by atoms with E-state index in [0.717, 1.165) is 11.0 Å². The molecule has 0 aliphatic rings. The minimum Gasteiger partial charge on any atom is -0.309 e. The summed E-state index contributed by atoms with van der Waals surface area (Å²) in [7, 11) is 1.38. The van der Waals surface area contributed by atoms with Gasteiger partial charge in [-0.2, -0.15) is 0 Å². The molecule has 0 saturated carbocycles. The highest BCUT2D eigenvalue weighted by Gasteiger charge is 2.22. The lowest BCUT2D eigenvalue weighted by atomic mass is 9.97. The van der Waals surface area contributed by atoms with Gasteiger partial charge in [0.05, 0.1) is 11.3 Å². The highest BCUT2D eigenvalue weighted by Crippen LogP contribution is 2.24. The maximum atomic E-state index is 13.8. The topological polar surface area (TPSA) is 37.4 Å². The Morgan fingerprint density at radius 2 is 1.73 bits per heavy atom. The Morgan fingerprint density at radius 1 is 1.09 bits per heavy atom. The number of hydrogen-bond acceptors (Lipinski definition) is 2. The van der Waals surface area contributed by atoms with Gasteiger partial charge >= 0.3 is 0 Å². The summed E-state index contributed by atoms with van der Waals surface area (Å²) in [5.74, 6) is -2.08. The molecule has 2 aromatic carbocycles. The van der Waals surface area contributed by atoms with Crippen molar-refractivity contribution in [1.82, 2.24) is 0 Å². The molecular weight excluding hydrogens is 288 g/mol. The second-order valence-corrected chi connectivity index (χ2v) is 5.07. The Kier molecular flexibility index (Phi) is 4.35. The average Bonchev–Trinajstić information content (AvgIpc) is 2.48. The minimum absolute atomic E-state index is 0.0517. The van der Waals surface area contributed by atoms with Crippen LogP contribution < -0.4 is 4.90 Å². The smallest absolute Gasteiger partial charge is 0.259 e. The molecule has 0 saturated heterocycles. The second kappa shape index (κ2) is 6.05. The van der Waals surface area contributed by atoms with Gasteiger partial charge in [0.15, 0.2) is 6.29 Å². The van der Waals surface area contributed by atoms with Crippen LogP contribution in [-0.2, 0) is 0 Å². The van der Waals surface area contributed by atoms with Crippen molar-refractivity contribution in [1.29, 1.82) is 0 Å². The first-order valence-electron chi connectivity index (χ1n) is 6.65. The fraction of sp³-hybridized carbons (Fsp3) is 0.176. The Labute approximate surface area is 127 Å². The zero-order valence-corrected chi connectivity index (χ0v) is 12.5. The number of rotatable bonds is 3. The average molecular weight is 303 g/mol. The molecule has 0 radical (unpaired) electrons. The first-order chi connectivity index (χ1) is 10.4. The molecule has 0 bridgehead atoms. The van der Waals surface area contributed by atoms with E-state index in [2.05, 4.69) is 0 Å². The van der Waals surface area contributed by atoms with Crippen LogP contribution in [0.4, 0.5) is 14.5 Å². The first kappa shape index (κ1) is 15.8. The Balaban J connectivity index is 2.52. The number of amides is 1. The molecule has 3 nitrogen and oxygen atoms in total.